The van der Waals surface area contributed by atoms with Gasteiger partial charge in [-0.05, 0) is 18.4 Å². The molecular weight excluding hydrogens is 372 g/mol. The van der Waals surface area contributed by atoms with Crippen LogP contribution in [-0.4, -0.2) is 66.2 Å². The fourth-order valence-corrected chi connectivity index (χ4v) is 4.06. The van der Waals surface area contributed by atoms with Crippen LogP contribution in [0, 0.1) is 0 Å². The van der Waals surface area contributed by atoms with E-state index in [4.69, 9.17) is 4.74 Å². The number of piperazine rings is 1. The largest absolute Gasteiger partial charge is 0.384 e. The van der Waals surface area contributed by atoms with Crippen molar-refractivity contribution in [1.29, 1.82) is 0 Å². The zero-order valence-electron chi connectivity index (χ0n) is 16.7. The first-order valence-corrected chi connectivity index (χ1v) is 10.1. The van der Waals surface area contributed by atoms with E-state index in [1.807, 2.05) is 12.4 Å². The average molecular weight is 403 g/mol. The van der Waals surface area contributed by atoms with E-state index in [9.17, 15) is 0 Å². The van der Waals surface area contributed by atoms with Crippen molar-refractivity contribution in [2.75, 3.05) is 46.4 Å². The number of methoxy groups -OCH3 is 1. The van der Waals surface area contributed by atoms with Crippen molar-refractivity contribution in [2.45, 2.75) is 31.2 Å². The number of nitrogens with zero attached hydrogens (tertiary/aromatic N) is 4. The van der Waals surface area contributed by atoms with Crippen molar-refractivity contribution in [3.8, 4) is 0 Å². The van der Waals surface area contributed by atoms with Gasteiger partial charge >= 0.3 is 0 Å². The molecule has 0 radical (unpaired) electrons. The van der Waals surface area contributed by atoms with Crippen LogP contribution in [0.2, 0.25) is 0 Å². The molecule has 28 heavy (non-hydrogen) atoms. The normalized spacial score (nSPS) is 19.2. The first-order chi connectivity index (χ1) is 13.3. The Labute approximate surface area is 174 Å². The molecule has 0 unspecified atom stereocenters. The highest BCUT2D eigenvalue weighted by atomic mass is 35.5. The molecule has 0 spiro atoms. The summed E-state index contributed by atoms with van der Waals surface area (Å²) in [6.45, 7) is 7.38. The van der Waals surface area contributed by atoms with Gasteiger partial charge in [-0.2, -0.15) is 0 Å². The van der Waals surface area contributed by atoms with E-state index in [1.165, 1.54) is 30.5 Å². The second-order valence-electron chi connectivity index (χ2n) is 7.95. The standard InChI is InChI=1S/C22H30N4O.ClH/c1-27-14-7-21-23-15-19(16-24-21)17-25-10-12-26(13-11-25)18-22(8-9-22)20-5-3-2-4-6-20;/h2-6,15-16H,7-14,17-18H2,1H3;1H. The molecule has 2 heterocycles. The molecule has 1 aliphatic carbocycles. The van der Waals surface area contributed by atoms with Gasteiger partial charge in [0.05, 0.1) is 6.61 Å². The van der Waals surface area contributed by atoms with Gasteiger partial charge in [-0.3, -0.25) is 9.80 Å². The highest BCUT2D eigenvalue weighted by molar-refractivity contribution is 5.85. The van der Waals surface area contributed by atoms with Crippen LogP contribution in [0.4, 0.5) is 0 Å². The third-order valence-electron chi connectivity index (χ3n) is 5.93. The summed E-state index contributed by atoms with van der Waals surface area (Å²) in [5.74, 6) is 0.862. The van der Waals surface area contributed by atoms with Gasteiger partial charge in [0.1, 0.15) is 5.82 Å². The molecule has 152 valence electrons. The lowest BCUT2D eigenvalue weighted by molar-refractivity contribution is 0.119. The Hall–Kier alpha value is -1.53. The Kier molecular flexibility index (Phi) is 7.41. The first-order valence-electron chi connectivity index (χ1n) is 10.1. The van der Waals surface area contributed by atoms with Crippen molar-refractivity contribution in [1.82, 2.24) is 19.8 Å². The van der Waals surface area contributed by atoms with E-state index in [-0.39, 0.29) is 12.4 Å². The van der Waals surface area contributed by atoms with Crippen molar-refractivity contribution >= 4 is 12.4 Å². The molecule has 0 bridgehead atoms. The maximum absolute atomic E-state index is 5.08. The summed E-state index contributed by atoms with van der Waals surface area (Å²) in [6, 6.07) is 11.1. The lowest BCUT2D eigenvalue weighted by Gasteiger charge is -2.36. The topological polar surface area (TPSA) is 41.5 Å². The van der Waals surface area contributed by atoms with Gasteiger partial charge in [-0.15, -0.1) is 12.4 Å². The minimum absolute atomic E-state index is 0. The Balaban J connectivity index is 0.00000225. The maximum atomic E-state index is 5.08. The van der Waals surface area contributed by atoms with Gasteiger partial charge in [-0.25, -0.2) is 9.97 Å². The van der Waals surface area contributed by atoms with Crippen LogP contribution in [0.5, 0.6) is 0 Å². The van der Waals surface area contributed by atoms with Crippen LogP contribution in [-0.2, 0) is 23.1 Å². The summed E-state index contributed by atoms with van der Waals surface area (Å²) in [4.78, 5) is 14.1. The molecule has 1 aliphatic heterocycles. The first kappa shape index (κ1) is 21.2. The molecule has 2 aliphatic rings. The maximum Gasteiger partial charge on any atom is 0.130 e. The Morgan fingerprint density at radius 1 is 0.964 bits per heavy atom. The van der Waals surface area contributed by atoms with Gasteiger partial charge in [0.25, 0.3) is 0 Å². The van der Waals surface area contributed by atoms with Crippen LogP contribution in [0.15, 0.2) is 42.7 Å². The van der Waals surface area contributed by atoms with Crippen molar-refractivity contribution < 1.29 is 4.74 Å². The molecular formula is C22H31ClN4O. The lowest BCUT2D eigenvalue weighted by Crippen LogP contribution is -2.48. The fourth-order valence-electron chi connectivity index (χ4n) is 4.06. The van der Waals surface area contributed by atoms with E-state index in [2.05, 4.69) is 50.1 Å². The number of ether oxygens (including phenoxy) is 1. The number of aromatic nitrogens is 2. The molecule has 0 N–H and O–H groups in total. The second-order valence-corrected chi connectivity index (χ2v) is 7.95. The highest BCUT2D eigenvalue weighted by Crippen LogP contribution is 2.48. The van der Waals surface area contributed by atoms with Gasteiger partial charge in [0, 0.05) is 76.2 Å². The number of rotatable bonds is 8. The third kappa shape index (κ3) is 5.29. The molecule has 2 fully saturated rings. The number of benzene rings is 1. The van der Waals surface area contributed by atoms with E-state index >= 15 is 0 Å². The molecule has 2 aromatic rings. The van der Waals surface area contributed by atoms with Gasteiger partial charge in [0.15, 0.2) is 0 Å². The number of halogens is 1. The summed E-state index contributed by atoms with van der Waals surface area (Å²) in [5.41, 5.74) is 3.15. The Morgan fingerprint density at radius 3 is 2.21 bits per heavy atom. The number of hydrogen-bond donors (Lipinski definition) is 0. The SMILES string of the molecule is COCCc1ncc(CN2CCN(CC3(c4ccccc4)CC3)CC2)cn1.Cl. The van der Waals surface area contributed by atoms with Crippen LogP contribution in [0.3, 0.4) is 0 Å². The average Bonchev–Trinajstić information content (AvgIpc) is 3.50. The van der Waals surface area contributed by atoms with Gasteiger partial charge < -0.3 is 4.74 Å². The molecule has 5 nitrogen and oxygen atoms in total. The van der Waals surface area contributed by atoms with Gasteiger partial charge in [-0.1, -0.05) is 30.3 Å². The predicted molar refractivity (Wildman–Crippen MR) is 114 cm³/mol. The minimum atomic E-state index is 0. The highest BCUT2D eigenvalue weighted by Gasteiger charge is 2.45. The van der Waals surface area contributed by atoms with Crippen molar-refractivity contribution in [3.05, 3.63) is 59.7 Å². The van der Waals surface area contributed by atoms with E-state index in [1.54, 1.807) is 7.11 Å². The minimum Gasteiger partial charge on any atom is -0.384 e. The fraction of sp³-hybridized carbons (Fsp3) is 0.545. The van der Waals surface area contributed by atoms with E-state index in [0.29, 0.717) is 12.0 Å². The summed E-state index contributed by atoms with van der Waals surface area (Å²) >= 11 is 0. The zero-order chi connectivity index (χ0) is 18.5. The molecule has 0 atom stereocenters. The second kappa shape index (κ2) is 9.79. The lowest BCUT2D eigenvalue weighted by atomic mass is 9.95. The Bertz CT molecular complexity index is 713. The summed E-state index contributed by atoms with van der Waals surface area (Å²) in [6.07, 6.45) is 7.39. The molecule has 0 amide bonds. The zero-order valence-corrected chi connectivity index (χ0v) is 17.5. The number of hydrogen-bond acceptors (Lipinski definition) is 5. The smallest absolute Gasteiger partial charge is 0.130 e. The summed E-state index contributed by atoms with van der Waals surface area (Å²) in [5, 5.41) is 0. The van der Waals surface area contributed by atoms with E-state index in [0.717, 1.165) is 45.0 Å². The molecule has 1 aromatic heterocycles. The van der Waals surface area contributed by atoms with Crippen molar-refractivity contribution in [3.63, 3.8) is 0 Å². The Morgan fingerprint density at radius 2 is 1.61 bits per heavy atom. The summed E-state index contributed by atoms with van der Waals surface area (Å²) < 4.78 is 5.08. The van der Waals surface area contributed by atoms with Gasteiger partial charge in [0.2, 0.25) is 0 Å². The monoisotopic (exact) mass is 402 g/mol. The molecule has 1 saturated carbocycles. The predicted octanol–water partition coefficient (Wildman–Crippen LogP) is 2.94. The van der Waals surface area contributed by atoms with Crippen LogP contribution < -0.4 is 0 Å². The van der Waals surface area contributed by atoms with Crippen molar-refractivity contribution in [2.24, 2.45) is 0 Å². The van der Waals surface area contributed by atoms with E-state index < -0.39 is 0 Å². The summed E-state index contributed by atoms with van der Waals surface area (Å²) in [7, 11) is 1.71. The third-order valence-corrected chi connectivity index (χ3v) is 5.93. The van der Waals surface area contributed by atoms with Crippen LogP contribution >= 0.6 is 12.4 Å². The van der Waals surface area contributed by atoms with Crippen LogP contribution in [0.25, 0.3) is 0 Å². The molecule has 6 heteroatoms. The molecule has 1 aromatic carbocycles. The quantitative estimate of drug-likeness (QED) is 0.679. The van der Waals surface area contributed by atoms with Crippen LogP contribution in [0.1, 0.15) is 29.8 Å². The molecule has 1 saturated heterocycles. The molecule has 4 rings (SSSR count).